The molecule has 4 nitrogen and oxygen atoms in total. The number of furan rings is 1. The normalized spacial score (nSPS) is 21.5. The molecule has 2 aromatic rings. The Morgan fingerprint density at radius 2 is 2.56 bits per heavy atom. The smallest absolute Gasteiger partial charge is 0.137 e. The summed E-state index contributed by atoms with van der Waals surface area (Å²) in [5.41, 5.74) is 0.913. The molecule has 2 atom stereocenters. The highest BCUT2D eigenvalue weighted by Crippen LogP contribution is 2.23. The van der Waals surface area contributed by atoms with Gasteiger partial charge >= 0.3 is 0 Å². The first-order valence-corrected chi connectivity index (χ1v) is 6.60. The fourth-order valence-electron chi connectivity index (χ4n) is 2.45. The second-order valence-corrected chi connectivity index (χ2v) is 5.05. The lowest BCUT2D eigenvalue weighted by atomic mass is 10.1. The first-order valence-electron chi connectivity index (χ1n) is 6.60. The molecule has 2 aromatic heterocycles. The summed E-state index contributed by atoms with van der Waals surface area (Å²) in [6, 6.07) is 4.23. The van der Waals surface area contributed by atoms with Gasteiger partial charge < -0.3 is 15.1 Å². The van der Waals surface area contributed by atoms with Gasteiger partial charge in [-0.05, 0) is 51.0 Å². The summed E-state index contributed by atoms with van der Waals surface area (Å²) < 4.78 is 5.83. The monoisotopic (exact) mass is 245 g/mol. The zero-order valence-corrected chi connectivity index (χ0v) is 10.6. The highest BCUT2D eigenvalue weighted by Gasteiger charge is 2.17. The molecule has 0 bridgehead atoms. The van der Waals surface area contributed by atoms with Gasteiger partial charge in [-0.1, -0.05) is 0 Å². The molecule has 4 heteroatoms. The first kappa shape index (κ1) is 11.7. The maximum atomic E-state index is 5.83. The molecule has 2 N–H and O–H groups in total. The molecule has 0 aromatic carbocycles. The molecule has 0 radical (unpaired) electrons. The molecule has 96 valence electrons. The van der Waals surface area contributed by atoms with Crippen molar-refractivity contribution in [3.63, 3.8) is 0 Å². The SMILES string of the molecule is CC(NC[C@H]1CCNC1)c1cc2cnccc2o1. The third kappa shape index (κ3) is 2.40. The van der Waals surface area contributed by atoms with Crippen LogP contribution in [0.1, 0.15) is 25.1 Å². The molecule has 3 rings (SSSR count). The van der Waals surface area contributed by atoms with Crippen LogP contribution in [-0.4, -0.2) is 24.6 Å². The van der Waals surface area contributed by atoms with Crippen molar-refractivity contribution in [1.82, 2.24) is 15.6 Å². The second kappa shape index (κ2) is 5.08. The van der Waals surface area contributed by atoms with Gasteiger partial charge in [-0.25, -0.2) is 0 Å². The van der Waals surface area contributed by atoms with Gasteiger partial charge in [0.1, 0.15) is 11.3 Å². The number of rotatable bonds is 4. The van der Waals surface area contributed by atoms with Crippen LogP contribution in [0.2, 0.25) is 0 Å². The average Bonchev–Trinajstić information content (AvgIpc) is 3.04. The molecule has 1 unspecified atom stereocenters. The Kier molecular flexibility index (Phi) is 3.30. The van der Waals surface area contributed by atoms with Crippen LogP contribution in [0.15, 0.2) is 28.9 Å². The van der Waals surface area contributed by atoms with Crippen LogP contribution in [0, 0.1) is 5.92 Å². The molecule has 3 heterocycles. The van der Waals surface area contributed by atoms with E-state index in [-0.39, 0.29) is 6.04 Å². The fraction of sp³-hybridized carbons (Fsp3) is 0.500. The van der Waals surface area contributed by atoms with Crippen molar-refractivity contribution in [3.05, 3.63) is 30.3 Å². The number of nitrogens with one attached hydrogen (secondary N) is 2. The van der Waals surface area contributed by atoms with Crippen LogP contribution in [-0.2, 0) is 0 Å². The van der Waals surface area contributed by atoms with E-state index in [0.29, 0.717) is 0 Å². The van der Waals surface area contributed by atoms with Crippen molar-refractivity contribution in [2.24, 2.45) is 5.92 Å². The Bertz CT molecular complexity index is 483. The number of hydrogen-bond acceptors (Lipinski definition) is 4. The lowest BCUT2D eigenvalue weighted by Crippen LogP contribution is -2.26. The Hall–Kier alpha value is -1.39. The molecule has 1 fully saturated rings. The minimum atomic E-state index is 0.248. The van der Waals surface area contributed by atoms with Gasteiger partial charge in [0.05, 0.1) is 6.04 Å². The number of nitrogens with zero attached hydrogens (tertiary/aromatic N) is 1. The summed E-state index contributed by atoms with van der Waals surface area (Å²) >= 11 is 0. The van der Waals surface area contributed by atoms with Gasteiger partial charge in [-0.3, -0.25) is 4.98 Å². The molecular formula is C14H19N3O. The predicted molar refractivity (Wildman–Crippen MR) is 71.4 cm³/mol. The van der Waals surface area contributed by atoms with E-state index in [1.807, 2.05) is 12.3 Å². The van der Waals surface area contributed by atoms with Crippen LogP contribution in [0.25, 0.3) is 11.0 Å². The third-order valence-corrected chi connectivity index (χ3v) is 3.64. The molecule has 0 saturated carbocycles. The number of aromatic nitrogens is 1. The molecule has 1 aliphatic heterocycles. The van der Waals surface area contributed by atoms with E-state index in [4.69, 9.17) is 4.42 Å². The summed E-state index contributed by atoms with van der Waals surface area (Å²) in [4.78, 5) is 4.11. The number of fused-ring (bicyclic) bond motifs is 1. The summed E-state index contributed by atoms with van der Waals surface area (Å²) in [6.45, 7) is 5.47. The largest absolute Gasteiger partial charge is 0.459 e. The van der Waals surface area contributed by atoms with E-state index in [1.54, 1.807) is 6.20 Å². The standard InChI is InChI=1S/C14H19N3O/c1-10(17-8-11-2-4-15-7-11)14-6-12-9-16-5-3-13(12)18-14/h3,5-6,9-11,15,17H,2,4,7-8H2,1H3/t10?,11-/m0/s1. The van der Waals surface area contributed by atoms with E-state index in [9.17, 15) is 0 Å². The van der Waals surface area contributed by atoms with Crippen molar-refractivity contribution in [2.75, 3.05) is 19.6 Å². The van der Waals surface area contributed by atoms with Crippen LogP contribution in [0.3, 0.4) is 0 Å². The highest BCUT2D eigenvalue weighted by atomic mass is 16.3. The van der Waals surface area contributed by atoms with E-state index < -0.39 is 0 Å². The maximum absolute atomic E-state index is 5.83. The Balaban J connectivity index is 1.65. The van der Waals surface area contributed by atoms with Gasteiger partial charge in [0, 0.05) is 17.8 Å². The zero-order valence-electron chi connectivity index (χ0n) is 10.6. The molecule has 0 aliphatic carbocycles. The minimum absolute atomic E-state index is 0.248. The number of pyridine rings is 1. The topological polar surface area (TPSA) is 50.1 Å². The van der Waals surface area contributed by atoms with Crippen LogP contribution < -0.4 is 10.6 Å². The number of hydrogen-bond donors (Lipinski definition) is 2. The van der Waals surface area contributed by atoms with Gasteiger partial charge in [0.25, 0.3) is 0 Å². The van der Waals surface area contributed by atoms with Crippen molar-refractivity contribution >= 4 is 11.0 Å². The van der Waals surface area contributed by atoms with Crippen molar-refractivity contribution in [3.8, 4) is 0 Å². The Morgan fingerprint density at radius 3 is 3.33 bits per heavy atom. The molecule has 1 saturated heterocycles. The molecule has 0 amide bonds. The maximum Gasteiger partial charge on any atom is 0.137 e. The predicted octanol–water partition coefficient (Wildman–Crippen LogP) is 2.09. The highest BCUT2D eigenvalue weighted by molar-refractivity contribution is 5.76. The van der Waals surface area contributed by atoms with Crippen molar-refractivity contribution < 1.29 is 4.42 Å². The third-order valence-electron chi connectivity index (χ3n) is 3.64. The molecule has 1 aliphatic rings. The lowest BCUT2D eigenvalue weighted by Gasteiger charge is -2.14. The summed E-state index contributed by atoms with van der Waals surface area (Å²) in [5.74, 6) is 1.74. The summed E-state index contributed by atoms with van der Waals surface area (Å²) in [7, 11) is 0. The lowest BCUT2D eigenvalue weighted by molar-refractivity contribution is 0.415. The summed E-state index contributed by atoms with van der Waals surface area (Å²) in [5, 5.41) is 8.01. The zero-order chi connectivity index (χ0) is 12.4. The molecular weight excluding hydrogens is 226 g/mol. The Morgan fingerprint density at radius 1 is 1.61 bits per heavy atom. The van der Waals surface area contributed by atoms with Crippen molar-refractivity contribution in [1.29, 1.82) is 0 Å². The van der Waals surface area contributed by atoms with E-state index >= 15 is 0 Å². The van der Waals surface area contributed by atoms with Crippen molar-refractivity contribution in [2.45, 2.75) is 19.4 Å². The van der Waals surface area contributed by atoms with E-state index in [0.717, 1.165) is 42.3 Å². The van der Waals surface area contributed by atoms with Gasteiger partial charge in [-0.15, -0.1) is 0 Å². The second-order valence-electron chi connectivity index (χ2n) is 5.05. The van der Waals surface area contributed by atoms with E-state index in [1.165, 1.54) is 6.42 Å². The fourth-order valence-corrected chi connectivity index (χ4v) is 2.45. The van der Waals surface area contributed by atoms with Gasteiger partial charge in [0.15, 0.2) is 0 Å². The Labute approximate surface area is 107 Å². The van der Waals surface area contributed by atoms with Crippen LogP contribution in [0.4, 0.5) is 0 Å². The molecule has 18 heavy (non-hydrogen) atoms. The molecule has 0 spiro atoms. The minimum Gasteiger partial charge on any atom is -0.459 e. The van der Waals surface area contributed by atoms with Crippen LogP contribution in [0.5, 0.6) is 0 Å². The quantitative estimate of drug-likeness (QED) is 0.866. The average molecular weight is 245 g/mol. The summed E-state index contributed by atoms with van der Waals surface area (Å²) in [6.07, 6.45) is 4.87. The van der Waals surface area contributed by atoms with E-state index in [2.05, 4.69) is 28.6 Å². The van der Waals surface area contributed by atoms with Crippen LogP contribution >= 0.6 is 0 Å². The van der Waals surface area contributed by atoms with Gasteiger partial charge in [-0.2, -0.15) is 0 Å². The first-order chi connectivity index (χ1) is 8.83. The van der Waals surface area contributed by atoms with Gasteiger partial charge in [0.2, 0.25) is 0 Å².